The SMILES string of the molecule is CCOCC(=O)NS(=O)(=O)c1ccc(OCC)nc1. The van der Waals surface area contributed by atoms with Crippen molar-refractivity contribution in [2.24, 2.45) is 0 Å². The molecule has 1 aromatic rings. The summed E-state index contributed by atoms with van der Waals surface area (Å²) < 4.78 is 35.4. The molecule has 0 saturated carbocycles. The van der Waals surface area contributed by atoms with E-state index in [1.54, 1.807) is 13.8 Å². The topological polar surface area (TPSA) is 94.6 Å². The Morgan fingerprint density at radius 2 is 2.05 bits per heavy atom. The Morgan fingerprint density at radius 1 is 1.32 bits per heavy atom. The summed E-state index contributed by atoms with van der Waals surface area (Å²) in [7, 11) is -3.92. The Balaban J connectivity index is 2.74. The Morgan fingerprint density at radius 3 is 2.58 bits per heavy atom. The van der Waals surface area contributed by atoms with E-state index in [0.717, 1.165) is 6.20 Å². The van der Waals surface area contributed by atoms with Crippen molar-refractivity contribution in [3.63, 3.8) is 0 Å². The molecule has 0 unspecified atom stereocenters. The van der Waals surface area contributed by atoms with Gasteiger partial charge in [0.05, 0.1) is 12.8 Å². The highest BCUT2D eigenvalue weighted by Crippen LogP contribution is 2.11. The number of aromatic nitrogens is 1. The van der Waals surface area contributed by atoms with Crippen molar-refractivity contribution in [2.75, 3.05) is 19.8 Å². The number of hydrogen-bond donors (Lipinski definition) is 1. The maximum absolute atomic E-state index is 11.8. The van der Waals surface area contributed by atoms with E-state index in [2.05, 4.69) is 4.98 Å². The number of hydrogen-bond acceptors (Lipinski definition) is 6. The lowest BCUT2D eigenvalue weighted by atomic mass is 10.5. The summed E-state index contributed by atoms with van der Waals surface area (Å²) in [6.45, 7) is 3.96. The first-order valence-electron chi connectivity index (χ1n) is 5.71. The lowest BCUT2D eigenvalue weighted by Crippen LogP contribution is -2.33. The van der Waals surface area contributed by atoms with Gasteiger partial charge >= 0.3 is 0 Å². The zero-order chi connectivity index (χ0) is 14.3. The van der Waals surface area contributed by atoms with Gasteiger partial charge in [0.15, 0.2) is 0 Å². The van der Waals surface area contributed by atoms with Crippen LogP contribution in [0, 0.1) is 0 Å². The number of sulfonamides is 1. The molecular weight excluding hydrogens is 272 g/mol. The summed E-state index contributed by atoms with van der Waals surface area (Å²) in [5.41, 5.74) is 0. The second-order valence-electron chi connectivity index (χ2n) is 3.43. The maximum Gasteiger partial charge on any atom is 0.265 e. The van der Waals surface area contributed by atoms with E-state index in [9.17, 15) is 13.2 Å². The van der Waals surface area contributed by atoms with E-state index in [0.29, 0.717) is 19.1 Å². The smallest absolute Gasteiger partial charge is 0.265 e. The van der Waals surface area contributed by atoms with Crippen LogP contribution < -0.4 is 9.46 Å². The Hall–Kier alpha value is -1.67. The number of nitrogens with zero attached hydrogens (tertiary/aromatic N) is 1. The standard InChI is InChI=1S/C11H16N2O5S/c1-3-17-8-10(14)13-19(15,16)9-5-6-11(12-7-9)18-4-2/h5-7H,3-4,8H2,1-2H3,(H,13,14). The van der Waals surface area contributed by atoms with Crippen molar-refractivity contribution < 1.29 is 22.7 Å². The molecule has 106 valence electrons. The lowest BCUT2D eigenvalue weighted by Gasteiger charge is -2.07. The lowest BCUT2D eigenvalue weighted by molar-refractivity contribution is -0.123. The van der Waals surface area contributed by atoms with Gasteiger partial charge in [-0.15, -0.1) is 0 Å². The van der Waals surface area contributed by atoms with Crippen molar-refractivity contribution >= 4 is 15.9 Å². The normalized spacial score (nSPS) is 11.1. The van der Waals surface area contributed by atoms with E-state index in [4.69, 9.17) is 9.47 Å². The summed E-state index contributed by atoms with van der Waals surface area (Å²) in [6, 6.07) is 2.74. The van der Waals surface area contributed by atoms with Gasteiger partial charge in [0.2, 0.25) is 5.88 Å². The van der Waals surface area contributed by atoms with Crippen LogP contribution in [0.25, 0.3) is 0 Å². The highest BCUT2D eigenvalue weighted by Gasteiger charge is 2.18. The Kier molecular flexibility index (Phi) is 5.71. The number of carbonyl (C=O) groups excluding carboxylic acids is 1. The van der Waals surface area contributed by atoms with Crippen LogP contribution in [0.1, 0.15) is 13.8 Å². The molecular formula is C11H16N2O5S. The third-order valence-corrected chi connectivity index (χ3v) is 3.36. The van der Waals surface area contributed by atoms with Gasteiger partial charge in [-0.25, -0.2) is 18.1 Å². The largest absolute Gasteiger partial charge is 0.478 e. The molecule has 0 fully saturated rings. The molecule has 0 aromatic carbocycles. The van der Waals surface area contributed by atoms with Crippen LogP contribution in [0.15, 0.2) is 23.2 Å². The van der Waals surface area contributed by atoms with Crippen LogP contribution in [0.4, 0.5) is 0 Å². The van der Waals surface area contributed by atoms with Crippen molar-refractivity contribution in [2.45, 2.75) is 18.7 Å². The number of pyridine rings is 1. The molecule has 1 aromatic heterocycles. The quantitative estimate of drug-likeness (QED) is 0.776. The van der Waals surface area contributed by atoms with Crippen molar-refractivity contribution in [3.05, 3.63) is 18.3 Å². The third kappa shape index (κ3) is 4.84. The van der Waals surface area contributed by atoms with Crippen LogP contribution in [0.2, 0.25) is 0 Å². The van der Waals surface area contributed by atoms with E-state index in [1.165, 1.54) is 12.1 Å². The van der Waals surface area contributed by atoms with Crippen LogP contribution >= 0.6 is 0 Å². The summed E-state index contributed by atoms with van der Waals surface area (Å²) in [4.78, 5) is 15.0. The van der Waals surface area contributed by atoms with Crippen LogP contribution in [-0.2, 0) is 19.6 Å². The molecule has 0 saturated heterocycles. The van der Waals surface area contributed by atoms with Gasteiger partial charge in [-0.1, -0.05) is 0 Å². The highest BCUT2D eigenvalue weighted by atomic mass is 32.2. The van der Waals surface area contributed by atoms with Crippen LogP contribution in [-0.4, -0.2) is 39.1 Å². The van der Waals surface area contributed by atoms with E-state index >= 15 is 0 Å². The van der Waals surface area contributed by atoms with Gasteiger partial charge in [0.25, 0.3) is 15.9 Å². The number of ether oxygens (including phenoxy) is 2. The zero-order valence-corrected chi connectivity index (χ0v) is 11.6. The maximum atomic E-state index is 11.8. The first kappa shape index (κ1) is 15.4. The van der Waals surface area contributed by atoms with Crippen molar-refractivity contribution in [1.82, 2.24) is 9.71 Å². The van der Waals surface area contributed by atoms with Crippen LogP contribution in [0.5, 0.6) is 5.88 Å². The summed E-state index contributed by atoms with van der Waals surface area (Å²) in [5, 5.41) is 0. The summed E-state index contributed by atoms with van der Waals surface area (Å²) in [6.07, 6.45) is 1.13. The minimum absolute atomic E-state index is 0.110. The Bertz CT molecular complexity index is 512. The van der Waals surface area contributed by atoms with Gasteiger partial charge in [0, 0.05) is 12.7 Å². The minimum atomic E-state index is -3.92. The molecule has 1 heterocycles. The molecule has 0 spiro atoms. The van der Waals surface area contributed by atoms with Gasteiger partial charge in [-0.05, 0) is 19.9 Å². The molecule has 0 atom stereocenters. The predicted octanol–water partition coefficient (Wildman–Crippen LogP) is 0.322. The molecule has 19 heavy (non-hydrogen) atoms. The summed E-state index contributed by atoms with van der Waals surface area (Å²) in [5.74, 6) is -0.405. The number of amides is 1. The van der Waals surface area contributed by atoms with E-state index < -0.39 is 15.9 Å². The molecule has 0 radical (unpaired) electrons. The van der Waals surface area contributed by atoms with E-state index in [-0.39, 0.29) is 11.5 Å². The molecule has 7 nitrogen and oxygen atoms in total. The van der Waals surface area contributed by atoms with Gasteiger partial charge in [-0.3, -0.25) is 4.79 Å². The molecule has 0 aliphatic rings. The molecule has 1 N–H and O–H groups in total. The first-order valence-corrected chi connectivity index (χ1v) is 7.20. The Labute approximate surface area is 112 Å². The molecule has 0 aliphatic carbocycles. The second kappa shape index (κ2) is 7.05. The van der Waals surface area contributed by atoms with E-state index in [1.807, 2.05) is 4.72 Å². The average molecular weight is 288 g/mol. The molecule has 1 amide bonds. The number of rotatable bonds is 7. The predicted molar refractivity (Wildman–Crippen MR) is 67.2 cm³/mol. The van der Waals surface area contributed by atoms with Gasteiger partial charge in [0.1, 0.15) is 11.5 Å². The fraction of sp³-hybridized carbons (Fsp3) is 0.455. The molecule has 0 aliphatic heterocycles. The fourth-order valence-corrected chi connectivity index (χ4v) is 2.11. The fourth-order valence-electron chi connectivity index (χ4n) is 1.19. The van der Waals surface area contributed by atoms with Crippen molar-refractivity contribution in [3.8, 4) is 5.88 Å². The monoisotopic (exact) mass is 288 g/mol. The minimum Gasteiger partial charge on any atom is -0.478 e. The van der Waals surface area contributed by atoms with Crippen molar-refractivity contribution in [1.29, 1.82) is 0 Å². The number of carbonyl (C=O) groups is 1. The highest BCUT2D eigenvalue weighted by molar-refractivity contribution is 7.90. The number of nitrogens with one attached hydrogen (secondary N) is 1. The van der Waals surface area contributed by atoms with Crippen LogP contribution in [0.3, 0.4) is 0 Å². The second-order valence-corrected chi connectivity index (χ2v) is 5.11. The van der Waals surface area contributed by atoms with Gasteiger partial charge in [-0.2, -0.15) is 0 Å². The average Bonchev–Trinajstić information content (AvgIpc) is 2.37. The molecule has 8 heteroatoms. The third-order valence-electron chi connectivity index (χ3n) is 2.00. The zero-order valence-electron chi connectivity index (χ0n) is 10.8. The molecule has 1 rings (SSSR count). The summed E-state index contributed by atoms with van der Waals surface area (Å²) >= 11 is 0. The molecule has 0 bridgehead atoms. The first-order chi connectivity index (χ1) is 8.99. The van der Waals surface area contributed by atoms with Gasteiger partial charge < -0.3 is 9.47 Å².